The Morgan fingerprint density at radius 2 is 0.950 bits per heavy atom. The Kier molecular flexibility index (Phi) is 35.9. The maximum absolute atomic E-state index is 12.8. The molecule has 352 valence electrons. The number of hydrogen-bond donors (Lipinski definition) is 6. The summed E-state index contributed by atoms with van der Waals surface area (Å²) in [6.45, 7) is 4.20. The largest absolute Gasteiger partial charge is 0.472 e. The topological polar surface area (TPSA) is 192 Å². The SMILES string of the molecule is CCCC/C=C\C/C=C\CCCCCCCC(=O)OC(COCCCCCCCCCC/C=C\CCCCCCCCC)COP(=O)(O)OC1C(O)C(O)C(O)C(O)C1O. The van der Waals surface area contributed by atoms with Crippen LogP contribution in [0.1, 0.15) is 194 Å². The number of unbranched alkanes of at least 4 members (excludes halogenated alkanes) is 22. The Bertz CT molecular complexity index is 1130. The van der Waals surface area contributed by atoms with Gasteiger partial charge in [0.2, 0.25) is 0 Å². The van der Waals surface area contributed by atoms with Crippen molar-refractivity contribution in [2.75, 3.05) is 19.8 Å². The average molecular weight is 875 g/mol. The second kappa shape index (κ2) is 38.1. The number of rotatable bonds is 40. The highest BCUT2D eigenvalue weighted by atomic mass is 31.2. The van der Waals surface area contributed by atoms with Gasteiger partial charge in [-0.3, -0.25) is 13.8 Å². The van der Waals surface area contributed by atoms with E-state index in [0.717, 1.165) is 64.2 Å². The molecule has 0 bridgehead atoms. The molecule has 0 aromatic rings. The molecule has 6 unspecified atom stereocenters. The molecule has 1 aliphatic rings. The minimum Gasteiger partial charge on any atom is -0.457 e. The third-order valence-corrected chi connectivity index (χ3v) is 12.0. The Hall–Kier alpha value is -1.44. The summed E-state index contributed by atoms with van der Waals surface area (Å²) < 4.78 is 34.2. The number of phosphoric ester groups is 1. The summed E-state index contributed by atoms with van der Waals surface area (Å²) in [6, 6.07) is 0. The minimum absolute atomic E-state index is 0.0837. The van der Waals surface area contributed by atoms with Crippen molar-refractivity contribution in [2.45, 2.75) is 236 Å². The standard InChI is InChI=1S/C47H87O12P/c1-3-5-7-9-11-13-15-17-19-20-21-22-23-25-27-29-31-33-35-37-56-38-40(39-57-60(54,55)59-47-45(52)43(50)42(49)44(51)46(47)53)58-41(48)36-34-32-30-28-26-24-18-16-14-12-10-8-6-4-2/h10,12,16,18-20,40,42-47,49-53H,3-9,11,13-15,17,21-39H2,1-2H3,(H,54,55)/b12-10-,18-16-,20-19-. The Morgan fingerprint density at radius 1 is 0.533 bits per heavy atom. The number of allylic oxidation sites excluding steroid dienone is 6. The molecule has 1 aliphatic carbocycles. The molecule has 0 saturated heterocycles. The van der Waals surface area contributed by atoms with Crippen molar-refractivity contribution >= 4 is 13.8 Å². The molecule has 0 spiro atoms. The molecular formula is C47H87O12P. The van der Waals surface area contributed by atoms with E-state index in [-0.39, 0.29) is 13.0 Å². The molecule has 6 N–H and O–H groups in total. The van der Waals surface area contributed by atoms with Crippen molar-refractivity contribution in [1.82, 2.24) is 0 Å². The van der Waals surface area contributed by atoms with Crippen LogP contribution in [0, 0.1) is 0 Å². The van der Waals surface area contributed by atoms with Crippen molar-refractivity contribution in [3.05, 3.63) is 36.5 Å². The molecule has 0 amide bonds. The van der Waals surface area contributed by atoms with Gasteiger partial charge in [0.25, 0.3) is 0 Å². The average Bonchev–Trinajstić information content (AvgIpc) is 3.23. The van der Waals surface area contributed by atoms with Crippen LogP contribution in [0.25, 0.3) is 0 Å². The Morgan fingerprint density at radius 3 is 1.47 bits per heavy atom. The number of esters is 1. The fourth-order valence-electron chi connectivity index (χ4n) is 7.13. The zero-order chi connectivity index (χ0) is 44.1. The van der Waals surface area contributed by atoms with Gasteiger partial charge in [0.1, 0.15) is 42.7 Å². The molecule has 0 aromatic heterocycles. The monoisotopic (exact) mass is 875 g/mol. The predicted octanol–water partition coefficient (Wildman–Crippen LogP) is 9.87. The third-order valence-electron chi connectivity index (χ3n) is 11.0. The quantitative estimate of drug-likeness (QED) is 0.0148. The molecular weight excluding hydrogens is 787 g/mol. The highest BCUT2D eigenvalue weighted by molar-refractivity contribution is 7.47. The summed E-state index contributed by atoms with van der Waals surface area (Å²) in [5.74, 6) is -0.492. The lowest BCUT2D eigenvalue weighted by Crippen LogP contribution is -2.64. The second-order valence-electron chi connectivity index (χ2n) is 16.6. The van der Waals surface area contributed by atoms with Crippen LogP contribution in [0.2, 0.25) is 0 Å². The van der Waals surface area contributed by atoms with Gasteiger partial charge in [-0.2, -0.15) is 0 Å². The number of hydrogen-bond acceptors (Lipinski definition) is 11. The lowest BCUT2D eigenvalue weighted by Gasteiger charge is -2.41. The van der Waals surface area contributed by atoms with Crippen molar-refractivity contribution in [3.63, 3.8) is 0 Å². The van der Waals surface area contributed by atoms with Crippen LogP contribution < -0.4 is 0 Å². The minimum atomic E-state index is -5.02. The van der Waals surface area contributed by atoms with Crippen molar-refractivity contribution < 1.29 is 58.3 Å². The molecule has 0 aromatic carbocycles. The van der Waals surface area contributed by atoms with E-state index in [1.54, 1.807) is 0 Å². The number of carbonyl (C=O) groups excluding carboxylic acids is 1. The number of carbonyl (C=O) groups is 1. The van der Waals surface area contributed by atoms with Gasteiger partial charge in [0, 0.05) is 13.0 Å². The number of aliphatic hydroxyl groups excluding tert-OH is 5. The second-order valence-corrected chi connectivity index (χ2v) is 18.0. The maximum atomic E-state index is 12.8. The van der Waals surface area contributed by atoms with E-state index in [1.807, 2.05) is 0 Å². The lowest BCUT2D eigenvalue weighted by atomic mass is 9.85. The molecule has 12 nitrogen and oxygen atoms in total. The van der Waals surface area contributed by atoms with Crippen LogP contribution in [-0.4, -0.2) is 98.9 Å². The predicted molar refractivity (Wildman–Crippen MR) is 239 cm³/mol. The molecule has 1 saturated carbocycles. The summed E-state index contributed by atoms with van der Waals surface area (Å²) in [6.07, 6.45) is 32.1. The number of aliphatic hydroxyl groups is 5. The van der Waals surface area contributed by atoms with E-state index >= 15 is 0 Å². The first-order chi connectivity index (χ1) is 29.0. The van der Waals surface area contributed by atoms with Gasteiger partial charge in [0.15, 0.2) is 0 Å². The molecule has 6 atom stereocenters. The van der Waals surface area contributed by atoms with E-state index in [1.165, 1.54) is 103 Å². The highest BCUT2D eigenvalue weighted by Gasteiger charge is 2.51. The van der Waals surface area contributed by atoms with Crippen LogP contribution in [0.3, 0.4) is 0 Å². The van der Waals surface area contributed by atoms with Crippen molar-refractivity contribution in [1.29, 1.82) is 0 Å². The van der Waals surface area contributed by atoms with Crippen LogP contribution in [-0.2, 0) is 27.9 Å². The van der Waals surface area contributed by atoms with Crippen LogP contribution in [0.4, 0.5) is 0 Å². The summed E-state index contributed by atoms with van der Waals surface area (Å²) in [4.78, 5) is 23.1. The summed E-state index contributed by atoms with van der Waals surface area (Å²) >= 11 is 0. The van der Waals surface area contributed by atoms with Gasteiger partial charge in [-0.15, -0.1) is 0 Å². The normalized spacial score (nSPS) is 22.6. The number of phosphoric acid groups is 1. The molecule has 60 heavy (non-hydrogen) atoms. The van der Waals surface area contributed by atoms with E-state index in [2.05, 4.69) is 50.3 Å². The van der Waals surface area contributed by atoms with Gasteiger partial charge in [-0.25, -0.2) is 4.57 Å². The fraction of sp³-hybridized carbons (Fsp3) is 0.851. The first-order valence-corrected chi connectivity index (χ1v) is 25.3. The highest BCUT2D eigenvalue weighted by Crippen LogP contribution is 2.47. The van der Waals surface area contributed by atoms with Gasteiger partial charge in [-0.05, 0) is 64.2 Å². The Balaban J connectivity index is 2.38. The maximum Gasteiger partial charge on any atom is 0.472 e. The lowest BCUT2D eigenvalue weighted by molar-refractivity contribution is -0.220. The van der Waals surface area contributed by atoms with E-state index in [9.17, 15) is 39.8 Å². The fourth-order valence-corrected chi connectivity index (χ4v) is 8.10. The van der Waals surface area contributed by atoms with Crippen molar-refractivity contribution in [2.24, 2.45) is 0 Å². The zero-order valence-corrected chi connectivity index (χ0v) is 38.4. The smallest absolute Gasteiger partial charge is 0.457 e. The van der Waals surface area contributed by atoms with Gasteiger partial charge >= 0.3 is 13.8 Å². The van der Waals surface area contributed by atoms with Crippen molar-refractivity contribution in [3.8, 4) is 0 Å². The molecule has 1 rings (SSSR count). The molecule has 1 fully saturated rings. The number of ether oxygens (including phenoxy) is 2. The van der Waals surface area contributed by atoms with Gasteiger partial charge in [0.05, 0.1) is 13.2 Å². The summed E-state index contributed by atoms with van der Waals surface area (Å²) in [5, 5.41) is 50.2. The summed E-state index contributed by atoms with van der Waals surface area (Å²) in [5.41, 5.74) is 0. The van der Waals surface area contributed by atoms with Crippen LogP contribution in [0.15, 0.2) is 36.5 Å². The zero-order valence-electron chi connectivity index (χ0n) is 37.5. The van der Waals surface area contributed by atoms with E-state index < -0.39 is 63.1 Å². The first-order valence-electron chi connectivity index (χ1n) is 23.8. The molecule has 0 aliphatic heterocycles. The summed E-state index contributed by atoms with van der Waals surface area (Å²) in [7, 11) is -5.02. The molecule has 0 heterocycles. The van der Waals surface area contributed by atoms with E-state index in [4.69, 9.17) is 18.5 Å². The van der Waals surface area contributed by atoms with Crippen LogP contribution >= 0.6 is 7.82 Å². The van der Waals surface area contributed by atoms with Gasteiger partial charge in [-0.1, -0.05) is 159 Å². The van der Waals surface area contributed by atoms with Gasteiger partial charge < -0.3 is 39.9 Å². The molecule has 13 heteroatoms. The third kappa shape index (κ3) is 29.8. The molecule has 0 radical (unpaired) electrons. The first kappa shape index (κ1) is 56.6. The van der Waals surface area contributed by atoms with E-state index in [0.29, 0.717) is 13.0 Å². The Labute approximate surface area is 363 Å². The van der Waals surface area contributed by atoms with Crippen LogP contribution in [0.5, 0.6) is 0 Å².